The molecule has 19 heavy (non-hydrogen) atoms. The molecule has 0 saturated heterocycles. The Balaban J connectivity index is 2.60. The zero-order valence-electron chi connectivity index (χ0n) is 11.3. The molecular formula is C15H19ClO3. The fourth-order valence-corrected chi connectivity index (χ4v) is 3.23. The Morgan fingerprint density at radius 3 is 2.47 bits per heavy atom. The van der Waals surface area contributed by atoms with Crippen molar-refractivity contribution in [1.29, 1.82) is 0 Å². The molecule has 1 aromatic rings. The summed E-state index contributed by atoms with van der Waals surface area (Å²) < 4.78 is 5.39. The van der Waals surface area contributed by atoms with Crippen molar-refractivity contribution in [3.63, 3.8) is 0 Å². The van der Waals surface area contributed by atoms with Gasteiger partial charge in [-0.3, -0.25) is 4.79 Å². The van der Waals surface area contributed by atoms with E-state index >= 15 is 0 Å². The van der Waals surface area contributed by atoms with Crippen molar-refractivity contribution >= 4 is 17.6 Å². The molecule has 0 radical (unpaired) electrons. The van der Waals surface area contributed by atoms with E-state index in [1.165, 1.54) is 0 Å². The molecule has 0 spiro atoms. The molecule has 4 heteroatoms. The summed E-state index contributed by atoms with van der Waals surface area (Å²) >= 11 is 6.27. The van der Waals surface area contributed by atoms with Crippen LogP contribution >= 0.6 is 11.6 Å². The van der Waals surface area contributed by atoms with Gasteiger partial charge in [-0.05, 0) is 25.3 Å². The highest BCUT2D eigenvalue weighted by atomic mass is 35.5. The lowest BCUT2D eigenvalue weighted by Gasteiger charge is -2.35. The van der Waals surface area contributed by atoms with E-state index in [-0.39, 0.29) is 0 Å². The molecule has 0 amide bonds. The molecule has 0 unspecified atom stereocenters. The first-order valence-corrected chi connectivity index (χ1v) is 6.97. The predicted octanol–water partition coefficient (Wildman–Crippen LogP) is 3.94. The molecule has 1 saturated carbocycles. The molecular weight excluding hydrogens is 264 g/mol. The van der Waals surface area contributed by atoms with Gasteiger partial charge in [0.15, 0.2) is 0 Å². The molecule has 0 aliphatic heterocycles. The zero-order valence-corrected chi connectivity index (χ0v) is 12.1. The highest BCUT2D eigenvalue weighted by Gasteiger charge is 2.43. The molecule has 1 aliphatic carbocycles. The maximum Gasteiger partial charge on any atom is 0.314 e. The van der Waals surface area contributed by atoms with Gasteiger partial charge in [0.05, 0.1) is 17.5 Å². The van der Waals surface area contributed by atoms with E-state index in [0.717, 1.165) is 30.4 Å². The summed E-state index contributed by atoms with van der Waals surface area (Å²) in [4.78, 5) is 11.8. The molecule has 104 valence electrons. The van der Waals surface area contributed by atoms with Crippen molar-refractivity contribution in [2.45, 2.75) is 44.4 Å². The Morgan fingerprint density at radius 2 is 1.95 bits per heavy atom. The molecule has 2 rings (SSSR count). The Bertz CT molecular complexity index is 490. The molecule has 1 aliphatic rings. The highest BCUT2D eigenvalue weighted by molar-refractivity contribution is 6.33. The van der Waals surface area contributed by atoms with E-state index in [2.05, 4.69) is 0 Å². The first kappa shape index (κ1) is 14.2. The van der Waals surface area contributed by atoms with Crippen molar-refractivity contribution in [3.8, 4) is 5.75 Å². The second-order valence-corrected chi connectivity index (χ2v) is 5.60. The van der Waals surface area contributed by atoms with Gasteiger partial charge in [-0.2, -0.15) is 0 Å². The average Bonchev–Trinajstić information content (AvgIpc) is 2.42. The van der Waals surface area contributed by atoms with Gasteiger partial charge < -0.3 is 9.84 Å². The van der Waals surface area contributed by atoms with Crippen LogP contribution in [0.25, 0.3) is 0 Å². The minimum Gasteiger partial charge on any atom is -0.495 e. The standard InChI is InChI=1S/C15H19ClO3/c1-10-6-7-11(13(19-2)12(10)16)15(14(17)18)8-4-3-5-9-15/h6-7H,3-5,8-9H2,1-2H3,(H,17,18). The number of carbonyl (C=O) groups is 1. The number of halogens is 1. The fourth-order valence-electron chi connectivity index (χ4n) is 2.98. The smallest absolute Gasteiger partial charge is 0.314 e. The van der Waals surface area contributed by atoms with Gasteiger partial charge in [0.1, 0.15) is 5.75 Å². The van der Waals surface area contributed by atoms with Crippen LogP contribution in [0.2, 0.25) is 5.02 Å². The van der Waals surface area contributed by atoms with E-state index in [0.29, 0.717) is 23.6 Å². The minimum absolute atomic E-state index is 0.519. The van der Waals surface area contributed by atoms with Gasteiger partial charge in [-0.15, -0.1) is 0 Å². The van der Waals surface area contributed by atoms with Crippen LogP contribution in [0.3, 0.4) is 0 Å². The highest BCUT2D eigenvalue weighted by Crippen LogP contribution is 2.46. The number of aliphatic carboxylic acids is 1. The monoisotopic (exact) mass is 282 g/mol. The number of benzene rings is 1. The maximum absolute atomic E-state index is 11.8. The second-order valence-electron chi connectivity index (χ2n) is 5.23. The lowest BCUT2D eigenvalue weighted by molar-refractivity contribution is -0.145. The molecule has 1 fully saturated rings. The van der Waals surface area contributed by atoms with Crippen molar-refractivity contribution in [2.75, 3.05) is 7.11 Å². The number of hydrogen-bond donors (Lipinski definition) is 1. The minimum atomic E-state index is -0.846. The number of methoxy groups -OCH3 is 1. The van der Waals surface area contributed by atoms with Crippen LogP contribution in [0.15, 0.2) is 12.1 Å². The van der Waals surface area contributed by atoms with Gasteiger partial charge in [-0.1, -0.05) is 43.0 Å². The summed E-state index contributed by atoms with van der Waals surface area (Å²) in [6.45, 7) is 1.89. The van der Waals surface area contributed by atoms with E-state index in [9.17, 15) is 9.90 Å². The Labute approximate surface area is 118 Å². The lowest BCUT2D eigenvalue weighted by Crippen LogP contribution is -2.38. The van der Waals surface area contributed by atoms with E-state index in [1.54, 1.807) is 7.11 Å². The van der Waals surface area contributed by atoms with Crippen LogP contribution in [0.4, 0.5) is 0 Å². The summed E-state index contributed by atoms with van der Waals surface area (Å²) in [5, 5.41) is 10.2. The third kappa shape index (κ3) is 2.32. The topological polar surface area (TPSA) is 46.5 Å². The summed E-state index contributed by atoms with van der Waals surface area (Å²) in [5.41, 5.74) is 0.775. The van der Waals surface area contributed by atoms with Crippen molar-refractivity contribution in [2.24, 2.45) is 0 Å². The Hall–Kier alpha value is -1.22. The fraction of sp³-hybridized carbons (Fsp3) is 0.533. The molecule has 0 bridgehead atoms. The lowest BCUT2D eigenvalue weighted by atomic mass is 9.69. The quantitative estimate of drug-likeness (QED) is 0.913. The predicted molar refractivity (Wildman–Crippen MR) is 75.1 cm³/mol. The van der Waals surface area contributed by atoms with Crippen LogP contribution in [0, 0.1) is 6.92 Å². The molecule has 1 N–H and O–H groups in total. The first-order chi connectivity index (χ1) is 9.03. The SMILES string of the molecule is COc1c(C2(C(=O)O)CCCCC2)ccc(C)c1Cl. The first-order valence-electron chi connectivity index (χ1n) is 6.60. The average molecular weight is 283 g/mol. The van der Waals surface area contributed by atoms with Crippen LogP contribution in [0.5, 0.6) is 5.75 Å². The summed E-state index contributed by atoms with van der Waals surface area (Å²) in [7, 11) is 1.54. The van der Waals surface area contributed by atoms with Crippen LogP contribution in [0.1, 0.15) is 43.2 Å². The molecule has 0 heterocycles. The van der Waals surface area contributed by atoms with Crippen LogP contribution < -0.4 is 4.74 Å². The van der Waals surface area contributed by atoms with E-state index in [4.69, 9.17) is 16.3 Å². The number of ether oxygens (including phenoxy) is 1. The molecule has 3 nitrogen and oxygen atoms in total. The number of rotatable bonds is 3. The van der Waals surface area contributed by atoms with Crippen LogP contribution in [-0.4, -0.2) is 18.2 Å². The normalized spacial score (nSPS) is 18.1. The number of aryl methyl sites for hydroxylation is 1. The molecule has 0 atom stereocenters. The molecule has 0 aromatic heterocycles. The van der Waals surface area contributed by atoms with Crippen molar-refractivity contribution < 1.29 is 14.6 Å². The number of hydrogen-bond acceptors (Lipinski definition) is 2. The maximum atomic E-state index is 11.8. The van der Waals surface area contributed by atoms with Gasteiger partial charge in [-0.25, -0.2) is 0 Å². The van der Waals surface area contributed by atoms with Crippen molar-refractivity contribution in [3.05, 3.63) is 28.3 Å². The van der Waals surface area contributed by atoms with E-state index in [1.807, 2.05) is 19.1 Å². The third-order valence-electron chi connectivity index (χ3n) is 4.13. The summed E-state index contributed by atoms with van der Waals surface area (Å²) in [6, 6.07) is 3.74. The second kappa shape index (κ2) is 5.41. The number of carboxylic acid groups (broad SMARTS) is 1. The van der Waals surface area contributed by atoms with Gasteiger partial charge in [0, 0.05) is 5.56 Å². The van der Waals surface area contributed by atoms with Gasteiger partial charge in [0.2, 0.25) is 0 Å². The van der Waals surface area contributed by atoms with Gasteiger partial charge in [0.25, 0.3) is 0 Å². The largest absolute Gasteiger partial charge is 0.495 e. The number of carboxylic acids is 1. The van der Waals surface area contributed by atoms with E-state index < -0.39 is 11.4 Å². The van der Waals surface area contributed by atoms with Gasteiger partial charge >= 0.3 is 5.97 Å². The Kier molecular flexibility index (Phi) is 4.04. The third-order valence-corrected chi connectivity index (χ3v) is 4.60. The molecule has 1 aromatic carbocycles. The van der Waals surface area contributed by atoms with Crippen LogP contribution in [-0.2, 0) is 10.2 Å². The van der Waals surface area contributed by atoms with Crippen molar-refractivity contribution in [1.82, 2.24) is 0 Å². The summed E-state index contributed by atoms with van der Waals surface area (Å²) in [6.07, 6.45) is 4.26. The Morgan fingerprint density at radius 1 is 1.32 bits per heavy atom. The zero-order chi connectivity index (χ0) is 14.0. The summed E-state index contributed by atoms with van der Waals surface area (Å²) in [5.74, 6) is -0.253.